The highest BCUT2D eigenvalue weighted by Crippen LogP contribution is 2.18. The number of rotatable bonds is 6. The first-order valence-electron chi connectivity index (χ1n) is 6.61. The van der Waals surface area contributed by atoms with E-state index in [0.717, 1.165) is 17.3 Å². The Morgan fingerprint density at radius 2 is 2.00 bits per heavy atom. The van der Waals surface area contributed by atoms with Gasteiger partial charge in [0.15, 0.2) is 0 Å². The summed E-state index contributed by atoms with van der Waals surface area (Å²) in [6, 6.07) is 5.76. The smallest absolute Gasteiger partial charge is 0.277 e. The molecule has 0 aliphatic heterocycles. The summed E-state index contributed by atoms with van der Waals surface area (Å²) in [6.07, 6.45) is 0. The van der Waals surface area contributed by atoms with Crippen LogP contribution in [0.5, 0.6) is 0 Å². The Labute approximate surface area is 137 Å². The SMILES string of the molecule is Cc1nnc(SCC(=O)N[C@H](C)c2ccc(S(N)(=O)=O)cc2)o1. The fourth-order valence-electron chi connectivity index (χ4n) is 1.78. The summed E-state index contributed by atoms with van der Waals surface area (Å²) >= 11 is 1.14. The van der Waals surface area contributed by atoms with Gasteiger partial charge in [0.2, 0.25) is 21.8 Å². The second-order valence-corrected chi connectivity index (χ2v) is 7.27. The number of carbonyl (C=O) groups excluding carboxylic acids is 1. The van der Waals surface area contributed by atoms with Gasteiger partial charge in [-0.15, -0.1) is 10.2 Å². The topological polar surface area (TPSA) is 128 Å². The maximum absolute atomic E-state index is 11.9. The lowest BCUT2D eigenvalue weighted by Gasteiger charge is -2.14. The molecule has 1 aromatic carbocycles. The number of aryl methyl sites for hydroxylation is 1. The van der Waals surface area contributed by atoms with Crippen molar-refractivity contribution in [3.63, 3.8) is 0 Å². The molecule has 1 amide bonds. The van der Waals surface area contributed by atoms with Gasteiger partial charge in [-0.25, -0.2) is 13.6 Å². The van der Waals surface area contributed by atoms with Crippen LogP contribution in [-0.2, 0) is 14.8 Å². The summed E-state index contributed by atoms with van der Waals surface area (Å²) in [6.45, 7) is 3.47. The van der Waals surface area contributed by atoms with Gasteiger partial charge >= 0.3 is 0 Å². The minimum Gasteiger partial charge on any atom is -0.416 e. The second kappa shape index (κ2) is 7.11. The minimum absolute atomic E-state index is 0.0297. The van der Waals surface area contributed by atoms with Crippen LogP contribution < -0.4 is 10.5 Å². The van der Waals surface area contributed by atoms with Crippen LogP contribution >= 0.6 is 11.8 Å². The van der Waals surface area contributed by atoms with Gasteiger partial charge < -0.3 is 9.73 Å². The summed E-state index contributed by atoms with van der Waals surface area (Å²) in [7, 11) is -3.72. The van der Waals surface area contributed by atoms with E-state index in [2.05, 4.69) is 15.5 Å². The number of nitrogens with zero attached hydrogens (tertiary/aromatic N) is 2. The van der Waals surface area contributed by atoms with E-state index in [4.69, 9.17) is 9.56 Å². The molecule has 1 heterocycles. The number of benzene rings is 1. The quantitative estimate of drug-likeness (QED) is 0.739. The Morgan fingerprint density at radius 3 is 2.52 bits per heavy atom. The minimum atomic E-state index is -3.72. The Balaban J connectivity index is 1.90. The van der Waals surface area contributed by atoms with Gasteiger partial charge in [0.05, 0.1) is 16.7 Å². The summed E-state index contributed by atoms with van der Waals surface area (Å²) in [4.78, 5) is 11.9. The Morgan fingerprint density at radius 1 is 1.35 bits per heavy atom. The van der Waals surface area contributed by atoms with Crippen molar-refractivity contribution in [1.29, 1.82) is 0 Å². The zero-order valence-electron chi connectivity index (χ0n) is 12.5. The van der Waals surface area contributed by atoms with Crippen molar-refractivity contribution in [1.82, 2.24) is 15.5 Å². The average Bonchev–Trinajstić information content (AvgIpc) is 2.90. The fraction of sp³-hybridized carbons (Fsp3) is 0.308. The predicted octanol–water partition coefficient (Wildman–Crippen LogP) is 0.995. The highest BCUT2D eigenvalue weighted by atomic mass is 32.2. The molecule has 0 aliphatic rings. The van der Waals surface area contributed by atoms with Gasteiger partial charge in [-0.1, -0.05) is 23.9 Å². The fourth-order valence-corrected chi connectivity index (χ4v) is 2.91. The third-order valence-corrected chi connectivity index (χ3v) is 4.67. The number of primary sulfonamides is 1. The number of sulfonamides is 1. The number of thioether (sulfide) groups is 1. The number of hydrogen-bond donors (Lipinski definition) is 2. The summed E-state index contributed by atoms with van der Waals surface area (Å²) in [5.74, 6) is 0.381. The zero-order valence-corrected chi connectivity index (χ0v) is 14.1. The molecule has 1 atom stereocenters. The molecule has 8 nitrogen and oxygen atoms in total. The van der Waals surface area contributed by atoms with E-state index in [1.807, 2.05) is 0 Å². The lowest BCUT2D eigenvalue weighted by atomic mass is 10.1. The van der Waals surface area contributed by atoms with Crippen LogP contribution in [0, 0.1) is 6.92 Å². The number of nitrogens with two attached hydrogens (primary N) is 1. The van der Waals surface area contributed by atoms with Gasteiger partial charge in [0, 0.05) is 6.92 Å². The first-order valence-corrected chi connectivity index (χ1v) is 9.14. The van der Waals surface area contributed by atoms with Gasteiger partial charge in [-0.3, -0.25) is 4.79 Å². The summed E-state index contributed by atoms with van der Waals surface area (Å²) < 4.78 is 27.6. The molecule has 10 heteroatoms. The van der Waals surface area contributed by atoms with E-state index in [1.165, 1.54) is 12.1 Å². The van der Waals surface area contributed by atoms with Gasteiger partial charge in [-0.2, -0.15) is 0 Å². The molecule has 2 rings (SSSR count). The molecule has 0 fully saturated rings. The van der Waals surface area contributed by atoms with E-state index >= 15 is 0 Å². The number of nitrogens with one attached hydrogen (secondary N) is 1. The number of carbonyl (C=O) groups is 1. The van der Waals surface area contributed by atoms with Crippen LogP contribution in [0.3, 0.4) is 0 Å². The zero-order chi connectivity index (χ0) is 17.0. The molecule has 2 aromatic rings. The van der Waals surface area contributed by atoms with Crippen molar-refractivity contribution in [2.75, 3.05) is 5.75 Å². The van der Waals surface area contributed by atoms with Crippen molar-refractivity contribution in [3.8, 4) is 0 Å². The maximum Gasteiger partial charge on any atom is 0.277 e. The molecule has 0 saturated carbocycles. The van der Waals surface area contributed by atoms with E-state index in [9.17, 15) is 13.2 Å². The highest BCUT2D eigenvalue weighted by molar-refractivity contribution is 7.99. The monoisotopic (exact) mass is 356 g/mol. The molecule has 0 aliphatic carbocycles. The number of hydrogen-bond acceptors (Lipinski definition) is 7. The molecule has 3 N–H and O–H groups in total. The molecule has 1 aromatic heterocycles. The summed E-state index contributed by atoms with van der Waals surface area (Å²) in [5.41, 5.74) is 0.768. The molecule has 0 saturated heterocycles. The number of amides is 1. The summed E-state index contributed by atoms with van der Waals surface area (Å²) in [5, 5.41) is 15.6. The van der Waals surface area contributed by atoms with Crippen LogP contribution in [0.25, 0.3) is 0 Å². The van der Waals surface area contributed by atoms with Crippen molar-refractivity contribution in [3.05, 3.63) is 35.7 Å². The van der Waals surface area contributed by atoms with Crippen molar-refractivity contribution in [2.24, 2.45) is 5.14 Å². The van der Waals surface area contributed by atoms with Gasteiger partial charge in [0.25, 0.3) is 5.22 Å². The molecule has 23 heavy (non-hydrogen) atoms. The van der Waals surface area contributed by atoms with E-state index < -0.39 is 10.0 Å². The Kier molecular flexibility index (Phi) is 5.39. The van der Waals surface area contributed by atoms with Crippen LogP contribution in [0.4, 0.5) is 0 Å². The third-order valence-electron chi connectivity index (χ3n) is 2.92. The van der Waals surface area contributed by atoms with Crippen LogP contribution in [0.2, 0.25) is 0 Å². The Hall–Kier alpha value is -1.91. The van der Waals surface area contributed by atoms with E-state index in [0.29, 0.717) is 11.1 Å². The van der Waals surface area contributed by atoms with Crippen molar-refractivity contribution >= 4 is 27.7 Å². The molecular formula is C13H16N4O4S2. The second-order valence-electron chi connectivity index (χ2n) is 4.78. The normalized spacial score (nSPS) is 12.8. The first-order chi connectivity index (χ1) is 10.8. The molecule has 0 unspecified atom stereocenters. The van der Waals surface area contributed by atoms with Crippen LogP contribution in [0.15, 0.2) is 38.8 Å². The molecule has 0 spiro atoms. The lowest BCUT2D eigenvalue weighted by Crippen LogP contribution is -2.28. The van der Waals surface area contributed by atoms with Gasteiger partial charge in [-0.05, 0) is 24.6 Å². The maximum atomic E-state index is 11.9. The van der Waals surface area contributed by atoms with Crippen LogP contribution in [0.1, 0.15) is 24.4 Å². The largest absolute Gasteiger partial charge is 0.416 e. The molecular weight excluding hydrogens is 340 g/mol. The standard InChI is InChI=1S/C13H16N4O4S2/c1-8(10-3-5-11(6-4-10)23(14,19)20)15-12(18)7-22-13-17-16-9(2)21-13/h3-6,8H,7H2,1-2H3,(H,15,18)(H2,14,19,20)/t8-/m1/s1. The highest BCUT2D eigenvalue weighted by Gasteiger charge is 2.13. The van der Waals surface area contributed by atoms with E-state index in [-0.39, 0.29) is 22.6 Å². The van der Waals surface area contributed by atoms with Crippen molar-refractivity contribution < 1.29 is 17.6 Å². The van der Waals surface area contributed by atoms with Crippen LogP contribution in [-0.4, -0.2) is 30.3 Å². The Bertz CT molecular complexity index is 787. The predicted molar refractivity (Wildman–Crippen MR) is 84.1 cm³/mol. The molecule has 0 radical (unpaired) electrons. The average molecular weight is 356 g/mol. The van der Waals surface area contributed by atoms with Gasteiger partial charge in [0.1, 0.15) is 0 Å². The van der Waals surface area contributed by atoms with Crippen molar-refractivity contribution in [2.45, 2.75) is 30.0 Å². The first kappa shape index (κ1) is 17.4. The molecule has 0 bridgehead atoms. The number of aromatic nitrogens is 2. The lowest BCUT2D eigenvalue weighted by molar-refractivity contribution is -0.119. The van der Waals surface area contributed by atoms with E-state index in [1.54, 1.807) is 26.0 Å². The molecule has 124 valence electrons. The third kappa shape index (κ3) is 5.05.